The molecule has 8 nitrogen and oxygen atoms in total. The van der Waals surface area contributed by atoms with Gasteiger partial charge in [-0.3, -0.25) is 19.4 Å². The normalized spacial score (nSPS) is 19.9. The highest BCUT2D eigenvalue weighted by Crippen LogP contribution is 2.32. The van der Waals surface area contributed by atoms with Crippen molar-refractivity contribution in [3.63, 3.8) is 0 Å². The molecule has 0 aliphatic carbocycles. The number of aryl methyl sites for hydroxylation is 5. The Labute approximate surface area is 180 Å². The number of rotatable bonds is 4. The van der Waals surface area contributed by atoms with Gasteiger partial charge in [0.15, 0.2) is 12.1 Å². The molecule has 2 aliphatic rings. The van der Waals surface area contributed by atoms with Gasteiger partial charge in [-0.2, -0.15) is 5.11 Å². The zero-order valence-electron chi connectivity index (χ0n) is 18.3. The van der Waals surface area contributed by atoms with Crippen molar-refractivity contribution in [2.45, 2.75) is 46.7 Å². The number of nitrogens with zero attached hydrogens (tertiary/aromatic N) is 4. The van der Waals surface area contributed by atoms with Gasteiger partial charge < -0.3 is 5.32 Å². The van der Waals surface area contributed by atoms with Crippen molar-refractivity contribution < 1.29 is 14.4 Å². The molecular formula is C23H25N5O3. The van der Waals surface area contributed by atoms with Crippen LogP contribution in [0.15, 0.2) is 40.7 Å². The molecule has 2 aromatic rings. The molecule has 0 spiro atoms. The Balaban J connectivity index is 1.51. The second-order valence-corrected chi connectivity index (χ2v) is 8.29. The minimum absolute atomic E-state index is 0.169. The summed E-state index contributed by atoms with van der Waals surface area (Å²) >= 11 is 0. The van der Waals surface area contributed by atoms with Crippen LogP contribution < -0.4 is 10.2 Å². The van der Waals surface area contributed by atoms with E-state index in [1.807, 2.05) is 58.9 Å². The fraction of sp³-hybridized carbons (Fsp3) is 0.348. The molecular weight excluding hydrogens is 394 g/mol. The van der Waals surface area contributed by atoms with Crippen LogP contribution in [-0.4, -0.2) is 41.4 Å². The maximum absolute atomic E-state index is 13.1. The molecule has 0 unspecified atom stereocenters. The lowest BCUT2D eigenvalue weighted by Crippen LogP contribution is -2.43. The summed E-state index contributed by atoms with van der Waals surface area (Å²) < 4.78 is 0. The number of benzene rings is 2. The van der Waals surface area contributed by atoms with Gasteiger partial charge in [0.05, 0.1) is 5.69 Å². The average molecular weight is 419 g/mol. The van der Waals surface area contributed by atoms with Gasteiger partial charge in [0.25, 0.3) is 11.8 Å². The van der Waals surface area contributed by atoms with Gasteiger partial charge in [-0.05, 0) is 69.0 Å². The molecule has 31 heavy (non-hydrogen) atoms. The summed E-state index contributed by atoms with van der Waals surface area (Å²) in [5.74, 6) is -1.16. The number of nitrogens with one attached hydrogen (secondary N) is 1. The maximum atomic E-state index is 13.1. The smallest absolute Gasteiger partial charge is 0.263 e. The van der Waals surface area contributed by atoms with Crippen molar-refractivity contribution in [2.75, 3.05) is 16.8 Å². The number of imide groups is 1. The largest absolute Gasteiger partial charge is 0.324 e. The molecule has 160 valence electrons. The fourth-order valence-corrected chi connectivity index (χ4v) is 4.18. The summed E-state index contributed by atoms with van der Waals surface area (Å²) in [6.45, 7) is 9.59. The zero-order chi connectivity index (χ0) is 22.4. The Hall–Kier alpha value is -3.55. The first kappa shape index (κ1) is 20.7. The molecule has 3 amide bonds. The number of carbonyl (C=O) groups excluding carboxylic acids is 3. The van der Waals surface area contributed by atoms with E-state index in [-0.39, 0.29) is 12.5 Å². The van der Waals surface area contributed by atoms with Crippen LogP contribution in [0.1, 0.15) is 27.8 Å². The number of carbonyl (C=O) groups is 3. The second-order valence-electron chi connectivity index (χ2n) is 8.29. The molecule has 1 N–H and O–H groups in total. The van der Waals surface area contributed by atoms with Gasteiger partial charge >= 0.3 is 0 Å². The molecule has 0 radical (unpaired) electrons. The summed E-state index contributed by atoms with van der Waals surface area (Å²) in [5, 5.41) is 12.2. The first-order valence-electron chi connectivity index (χ1n) is 10.2. The molecule has 2 aliphatic heterocycles. The van der Waals surface area contributed by atoms with Crippen molar-refractivity contribution >= 4 is 29.1 Å². The third kappa shape index (κ3) is 3.58. The van der Waals surface area contributed by atoms with Crippen LogP contribution in [0.3, 0.4) is 0 Å². The highest BCUT2D eigenvalue weighted by molar-refractivity contribution is 6.25. The van der Waals surface area contributed by atoms with Crippen molar-refractivity contribution in [3.8, 4) is 0 Å². The molecule has 0 saturated carbocycles. The molecule has 0 aromatic heterocycles. The van der Waals surface area contributed by atoms with Gasteiger partial charge in [-0.15, -0.1) is 0 Å². The van der Waals surface area contributed by atoms with Gasteiger partial charge in [0.2, 0.25) is 5.91 Å². The second kappa shape index (κ2) is 7.61. The third-order valence-corrected chi connectivity index (χ3v) is 5.85. The molecule has 1 fully saturated rings. The van der Waals surface area contributed by atoms with Crippen molar-refractivity contribution in [1.82, 2.24) is 5.01 Å². The fourth-order valence-electron chi connectivity index (χ4n) is 4.18. The van der Waals surface area contributed by atoms with Gasteiger partial charge in [0.1, 0.15) is 6.54 Å². The van der Waals surface area contributed by atoms with Crippen LogP contribution in [0, 0.1) is 34.6 Å². The van der Waals surface area contributed by atoms with Crippen LogP contribution in [0.25, 0.3) is 0 Å². The zero-order valence-corrected chi connectivity index (χ0v) is 18.3. The quantitative estimate of drug-likeness (QED) is 0.770. The van der Waals surface area contributed by atoms with Crippen molar-refractivity contribution in [2.24, 2.45) is 10.3 Å². The standard InChI is InChI=1S/C23H25N5O3/c1-12-8-15(4)19(16(5)9-12)24-18(29)11-27-21-20(25-26-27)22(30)28(23(21)31)17-7-6-13(2)14(3)10-17/h6-10,20-21H,11H2,1-5H3,(H,24,29)/t20-,21-/m1/s1. The lowest BCUT2D eigenvalue weighted by molar-refractivity contribution is -0.123. The third-order valence-electron chi connectivity index (χ3n) is 5.85. The van der Waals surface area contributed by atoms with E-state index in [1.54, 1.807) is 6.07 Å². The first-order valence-corrected chi connectivity index (χ1v) is 10.2. The summed E-state index contributed by atoms with van der Waals surface area (Å²) in [6.07, 6.45) is 0. The highest BCUT2D eigenvalue weighted by atomic mass is 16.2. The van der Waals surface area contributed by atoms with E-state index < -0.39 is 23.9 Å². The molecule has 2 heterocycles. The minimum atomic E-state index is -0.926. The Kier molecular flexibility index (Phi) is 5.08. The van der Waals surface area contributed by atoms with E-state index in [1.165, 1.54) is 5.01 Å². The first-order chi connectivity index (χ1) is 14.7. The van der Waals surface area contributed by atoms with Crippen molar-refractivity contribution in [1.29, 1.82) is 0 Å². The van der Waals surface area contributed by atoms with Crippen LogP contribution in [0.5, 0.6) is 0 Å². The Morgan fingerprint density at radius 3 is 2.26 bits per heavy atom. The average Bonchev–Trinajstić information content (AvgIpc) is 3.21. The van der Waals surface area contributed by atoms with Crippen LogP contribution in [0.4, 0.5) is 11.4 Å². The Morgan fingerprint density at radius 1 is 0.935 bits per heavy atom. The van der Waals surface area contributed by atoms with E-state index in [9.17, 15) is 14.4 Å². The Bertz CT molecular complexity index is 1120. The van der Waals surface area contributed by atoms with E-state index in [2.05, 4.69) is 15.7 Å². The number of anilines is 2. The topological polar surface area (TPSA) is 94.4 Å². The van der Waals surface area contributed by atoms with E-state index in [4.69, 9.17) is 0 Å². The number of hydrogen-bond acceptors (Lipinski definition) is 6. The summed E-state index contributed by atoms with van der Waals surface area (Å²) in [4.78, 5) is 39.8. The molecule has 0 bridgehead atoms. The maximum Gasteiger partial charge on any atom is 0.263 e. The predicted molar refractivity (Wildman–Crippen MR) is 117 cm³/mol. The number of fused-ring (bicyclic) bond motifs is 1. The number of hydrogen-bond donors (Lipinski definition) is 1. The molecule has 2 atom stereocenters. The van der Waals surface area contributed by atoms with Gasteiger partial charge in [0, 0.05) is 5.69 Å². The summed E-state index contributed by atoms with van der Waals surface area (Å²) in [6, 6.07) is 7.59. The monoisotopic (exact) mass is 419 g/mol. The van der Waals surface area contributed by atoms with E-state index >= 15 is 0 Å². The molecule has 2 aromatic carbocycles. The highest BCUT2D eigenvalue weighted by Gasteiger charge is 2.55. The van der Waals surface area contributed by atoms with Gasteiger partial charge in [-0.1, -0.05) is 29.0 Å². The van der Waals surface area contributed by atoms with E-state index in [0.717, 1.165) is 38.4 Å². The van der Waals surface area contributed by atoms with E-state index in [0.29, 0.717) is 5.69 Å². The molecule has 8 heteroatoms. The summed E-state index contributed by atoms with van der Waals surface area (Å²) in [7, 11) is 0. The van der Waals surface area contributed by atoms with Crippen LogP contribution in [-0.2, 0) is 14.4 Å². The SMILES string of the molecule is Cc1cc(C)c(NC(=O)CN2N=N[C@H]3C(=O)N(c4ccc(C)c(C)c4)C(=O)[C@@H]32)c(C)c1. The van der Waals surface area contributed by atoms with Crippen LogP contribution >= 0.6 is 0 Å². The summed E-state index contributed by atoms with van der Waals surface area (Å²) in [5.41, 5.74) is 6.34. The minimum Gasteiger partial charge on any atom is -0.324 e. The lowest BCUT2D eigenvalue weighted by Gasteiger charge is -2.21. The molecule has 1 saturated heterocycles. The van der Waals surface area contributed by atoms with Gasteiger partial charge in [-0.25, -0.2) is 4.90 Å². The number of amides is 3. The van der Waals surface area contributed by atoms with Crippen molar-refractivity contribution in [3.05, 3.63) is 58.1 Å². The van der Waals surface area contributed by atoms with Crippen LogP contribution in [0.2, 0.25) is 0 Å². The Morgan fingerprint density at radius 2 is 1.61 bits per heavy atom. The predicted octanol–water partition coefficient (Wildman–Crippen LogP) is 3.16. The molecule has 4 rings (SSSR count). The lowest BCUT2D eigenvalue weighted by atomic mass is 10.1.